The molecule has 0 aromatic carbocycles. The zero-order chi connectivity index (χ0) is 14.6. The second-order valence-electron chi connectivity index (χ2n) is 4.69. The highest BCUT2D eigenvalue weighted by molar-refractivity contribution is 6.25. The lowest BCUT2D eigenvalue weighted by Crippen LogP contribution is -2.36. The van der Waals surface area contributed by atoms with Gasteiger partial charge in [0.1, 0.15) is 10.8 Å². The van der Waals surface area contributed by atoms with Gasteiger partial charge in [-0.3, -0.25) is 0 Å². The summed E-state index contributed by atoms with van der Waals surface area (Å²) in [5.41, 5.74) is 7.61. The van der Waals surface area contributed by atoms with Gasteiger partial charge in [-0.1, -0.05) is 17.7 Å². The van der Waals surface area contributed by atoms with Crippen molar-refractivity contribution in [2.75, 3.05) is 26.3 Å². The van der Waals surface area contributed by atoms with Crippen LogP contribution in [0.3, 0.4) is 0 Å². The number of hydrogen-bond acceptors (Lipinski definition) is 5. The molecule has 1 heterocycles. The van der Waals surface area contributed by atoms with Crippen LogP contribution in [0.5, 0.6) is 0 Å². The van der Waals surface area contributed by atoms with E-state index >= 15 is 0 Å². The van der Waals surface area contributed by atoms with E-state index in [2.05, 4.69) is 0 Å². The van der Waals surface area contributed by atoms with Gasteiger partial charge in [-0.2, -0.15) is 0 Å². The van der Waals surface area contributed by atoms with E-state index in [0.717, 1.165) is 11.3 Å². The van der Waals surface area contributed by atoms with Crippen molar-refractivity contribution >= 4 is 17.2 Å². The van der Waals surface area contributed by atoms with Gasteiger partial charge in [0, 0.05) is 30.8 Å². The van der Waals surface area contributed by atoms with Crippen LogP contribution in [0.4, 0.5) is 0 Å². The highest BCUT2D eigenvalue weighted by atomic mass is 35.5. The predicted octanol–water partition coefficient (Wildman–Crippen LogP) is 1.13. The molecule has 1 atom stereocenters. The molecule has 0 radical (unpaired) electrons. The molecule has 0 saturated heterocycles. The molecule has 2 rings (SSSR count). The van der Waals surface area contributed by atoms with E-state index in [1.807, 2.05) is 17.0 Å². The highest BCUT2D eigenvalue weighted by Gasteiger charge is 2.28. The maximum atomic E-state index is 9.17. The lowest BCUT2D eigenvalue weighted by molar-refractivity contribution is 0.192. The Labute approximate surface area is 122 Å². The summed E-state index contributed by atoms with van der Waals surface area (Å²) in [6, 6.07) is 3.62. The van der Waals surface area contributed by atoms with Gasteiger partial charge in [0.2, 0.25) is 0 Å². The fourth-order valence-electron chi connectivity index (χ4n) is 2.26. The normalized spacial score (nSPS) is 22.4. The summed E-state index contributed by atoms with van der Waals surface area (Å²) in [5.74, 6) is 0.660. The molecular formula is C14H19ClN2O3. The molecule has 1 aromatic rings. The molecule has 6 heteroatoms. The van der Waals surface area contributed by atoms with Crippen LogP contribution in [0.15, 0.2) is 40.7 Å². The van der Waals surface area contributed by atoms with E-state index in [-0.39, 0.29) is 13.2 Å². The van der Waals surface area contributed by atoms with E-state index < -0.39 is 5.00 Å². The zero-order valence-corrected chi connectivity index (χ0v) is 11.9. The first-order valence-electron chi connectivity index (χ1n) is 6.49. The van der Waals surface area contributed by atoms with Crippen molar-refractivity contribution in [3.63, 3.8) is 0 Å². The molecule has 1 unspecified atom stereocenters. The molecule has 0 fully saturated rings. The van der Waals surface area contributed by atoms with Gasteiger partial charge in [0.15, 0.2) is 0 Å². The largest absolute Gasteiger partial charge is 0.464 e. The van der Waals surface area contributed by atoms with Crippen LogP contribution in [0.25, 0.3) is 5.57 Å². The molecule has 5 nitrogen and oxygen atoms in total. The van der Waals surface area contributed by atoms with Gasteiger partial charge in [-0.05, 0) is 18.2 Å². The number of hydrogen-bond donors (Lipinski definition) is 3. The SMILES string of the molecule is NC1(Cl)C=C(c2ccco2)C(N(CCO)CCO)=CC1. The number of alkyl halides is 1. The Morgan fingerprint density at radius 1 is 1.35 bits per heavy atom. The average molecular weight is 299 g/mol. The van der Waals surface area contributed by atoms with Crippen LogP contribution < -0.4 is 5.73 Å². The van der Waals surface area contributed by atoms with Crippen LogP contribution in [0, 0.1) is 0 Å². The molecule has 0 saturated carbocycles. The van der Waals surface area contributed by atoms with Crippen molar-refractivity contribution in [2.24, 2.45) is 5.73 Å². The molecule has 1 aromatic heterocycles. The summed E-state index contributed by atoms with van der Waals surface area (Å²) >= 11 is 6.21. The fraction of sp³-hybridized carbons (Fsp3) is 0.429. The summed E-state index contributed by atoms with van der Waals surface area (Å²) in [7, 11) is 0. The van der Waals surface area contributed by atoms with E-state index in [9.17, 15) is 0 Å². The molecule has 1 aliphatic rings. The van der Waals surface area contributed by atoms with Gasteiger partial charge in [0.25, 0.3) is 0 Å². The topological polar surface area (TPSA) is 82.9 Å². The van der Waals surface area contributed by atoms with Gasteiger partial charge < -0.3 is 25.3 Å². The van der Waals surface area contributed by atoms with Crippen molar-refractivity contribution in [3.8, 4) is 0 Å². The predicted molar refractivity (Wildman–Crippen MR) is 77.9 cm³/mol. The molecule has 1 aliphatic carbocycles. The minimum absolute atomic E-state index is 0.00256. The molecule has 0 bridgehead atoms. The average Bonchev–Trinajstić information content (AvgIpc) is 2.91. The highest BCUT2D eigenvalue weighted by Crippen LogP contribution is 2.35. The summed E-state index contributed by atoms with van der Waals surface area (Å²) in [4.78, 5) is 0.941. The van der Waals surface area contributed by atoms with E-state index in [1.54, 1.807) is 18.4 Å². The lowest BCUT2D eigenvalue weighted by Gasteiger charge is -2.32. The maximum absolute atomic E-state index is 9.17. The van der Waals surface area contributed by atoms with Crippen LogP contribution in [-0.4, -0.2) is 46.4 Å². The number of nitrogens with two attached hydrogens (primary N) is 1. The Bertz CT molecular complexity index is 489. The van der Waals surface area contributed by atoms with Crippen molar-refractivity contribution in [1.29, 1.82) is 0 Å². The summed E-state index contributed by atoms with van der Waals surface area (Å²) in [5, 5.41) is 18.3. The molecule has 4 N–H and O–H groups in total. The van der Waals surface area contributed by atoms with Gasteiger partial charge >= 0.3 is 0 Å². The second-order valence-corrected chi connectivity index (χ2v) is 5.39. The second kappa shape index (κ2) is 6.45. The number of halogens is 1. The molecule has 0 aliphatic heterocycles. The van der Waals surface area contributed by atoms with E-state index in [4.69, 9.17) is 32.0 Å². The molecule has 20 heavy (non-hydrogen) atoms. The quantitative estimate of drug-likeness (QED) is 0.542. The summed E-state index contributed by atoms with van der Waals surface area (Å²) < 4.78 is 5.43. The number of rotatable bonds is 6. The van der Waals surface area contributed by atoms with Gasteiger partial charge in [-0.15, -0.1) is 0 Å². The maximum Gasteiger partial charge on any atom is 0.135 e. The smallest absolute Gasteiger partial charge is 0.135 e. The molecular weight excluding hydrogens is 280 g/mol. The first-order valence-corrected chi connectivity index (χ1v) is 6.87. The molecule has 0 amide bonds. The Morgan fingerprint density at radius 2 is 2.05 bits per heavy atom. The number of aliphatic hydroxyl groups excluding tert-OH is 2. The first-order chi connectivity index (χ1) is 9.57. The van der Waals surface area contributed by atoms with Gasteiger partial charge in [0.05, 0.1) is 19.5 Å². The van der Waals surface area contributed by atoms with Crippen molar-refractivity contribution in [1.82, 2.24) is 4.90 Å². The van der Waals surface area contributed by atoms with Crippen LogP contribution in [0.2, 0.25) is 0 Å². The number of allylic oxidation sites excluding steroid dienone is 1. The first kappa shape index (κ1) is 15.1. The Kier molecular flexibility index (Phi) is 4.88. The Balaban J connectivity index is 2.35. The third-order valence-electron chi connectivity index (χ3n) is 3.14. The third-order valence-corrected chi connectivity index (χ3v) is 3.40. The monoisotopic (exact) mass is 298 g/mol. The summed E-state index contributed by atoms with van der Waals surface area (Å²) in [6.45, 7) is 0.837. The standard InChI is InChI=1S/C14H19ClN2O3/c15-14(16)4-3-12(17(5-7-18)6-8-19)11(10-14)13-2-1-9-20-13/h1-3,9-10,18-19H,4-8,16H2. The number of nitrogens with zero attached hydrogens (tertiary/aromatic N) is 1. The fourth-order valence-corrected chi connectivity index (χ4v) is 2.44. The van der Waals surface area contributed by atoms with E-state index in [0.29, 0.717) is 25.3 Å². The minimum atomic E-state index is -0.949. The molecule has 0 spiro atoms. The third kappa shape index (κ3) is 3.43. The van der Waals surface area contributed by atoms with Crippen LogP contribution in [0.1, 0.15) is 12.2 Å². The minimum Gasteiger partial charge on any atom is -0.464 e. The number of furan rings is 1. The van der Waals surface area contributed by atoms with Crippen LogP contribution >= 0.6 is 11.6 Å². The van der Waals surface area contributed by atoms with Crippen molar-refractivity contribution in [3.05, 3.63) is 42.0 Å². The Hall–Kier alpha value is -1.27. The van der Waals surface area contributed by atoms with Crippen molar-refractivity contribution in [2.45, 2.75) is 11.4 Å². The van der Waals surface area contributed by atoms with Crippen LogP contribution in [-0.2, 0) is 0 Å². The Morgan fingerprint density at radius 3 is 2.60 bits per heavy atom. The number of aliphatic hydroxyl groups is 2. The lowest BCUT2D eigenvalue weighted by atomic mass is 9.96. The van der Waals surface area contributed by atoms with Crippen molar-refractivity contribution < 1.29 is 14.6 Å². The van der Waals surface area contributed by atoms with E-state index in [1.165, 1.54) is 0 Å². The van der Waals surface area contributed by atoms with Gasteiger partial charge in [-0.25, -0.2) is 0 Å². The zero-order valence-electron chi connectivity index (χ0n) is 11.1. The molecule has 110 valence electrons. The summed E-state index contributed by atoms with van der Waals surface area (Å²) in [6.07, 6.45) is 5.72.